The molecule has 2 aromatic carbocycles. The third-order valence-corrected chi connectivity index (χ3v) is 5.70. The fraction of sp³-hybridized carbons (Fsp3) is 0.435. The number of hydrogen-bond donors (Lipinski definition) is 1. The van der Waals surface area contributed by atoms with Crippen LogP contribution < -0.4 is 15.0 Å². The van der Waals surface area contributed by atoms with E-state index in [1.165, 1.54) is 0 Å². The summed E-state index contributed by atoms with van der Waals surface area (Å²) in [4.78, 5) is 17.2. The van der Waals surface area contributed by atoms with E-state index in [-0.39, 0.29) is 18.4 Å². The van der Waals surface area contributed by atoms with Gasteiger partial charge < -0.3 is 19.9 Å². The van der Waals surface area contributed by atoms with Gasteiger partial charge in [-0.15, -0.1) is 0 Å². The highest BCUT2D eigenvalue weighted by molar-refractivity contribution is 6.31. The molecule has 0 aliphatic carbocycles. The lowest BCUT2D eigenvalue weighted by Gasteiger charge is -2.35. The van der Waals surface area contributed by atoms with Crippen molar-refractivity contribution in [1.29, 1.82) is 0 Å². The van der Waals surface area contributed by atoms with Crippen LogP contribution in [0.1, 0.15) is 30.9 Å². The molecule has 156 valence electrons. The first-order valence-electron chi connectivity index (χ1n) is 10.1. The molecule has 0 saturated carbocycles. The number of rotatable bonds is 6. The summed E-state index contributed by atoms with van der Waals surface area (Å²) in [5.74, 6) is 0.794. The van der Waals surface area contributed by atoms with E-state index in [9.17, 15) is 4.79 Å². The Kier molecular flexibility index (Phi) is 7.04. The van der Waals surface area contributed by atoms with Crippen LogP contribution in [0.15, 0.2) is 36.4 Å². The number of carbonyl (C=O) groups excluding carboxylic acids is 1. The summed E-state index contributed by atoms with van der Waals surface area (Å²) in [7, 11) is 2.13. The maximum Gasteiger partial charge on any atom is 0.262 e. The Bertz CT molecular complexity index is 861. The fourth-order valence-electron chi connectivity index (χ4n) is 3.48. The number of amides is 1. The van der Waals surface area contributed by atoms with E-state index in [0.29, 0.717) is 10.8 Å². The number of benzene rings is 2. The standard InChI is InChI=1S/C23H30ClN3O2/c1-16(2)18-14-19(24)17(3)13-22(18)29-15-23(28)25-20-7-5-6-8-21(20)27-11-9-26(4)10-12-27/h5-8,13-14,16H,9-12,15H2,1-4H3,(H,25,28). The molecule has 3 rings (SSSR count). The lowest BCUT2D eigenvalue weighted by molar-refractivity contribution is -0.118. The molecule has 0 spiro atoms. The number of nitrogens with one attached hydrogen (secondary N) is 1. The number of ether oxygens (including phenoxy) is 1. The van der Waals surface area contributed by atoms with Crippen molar-refractivity contribution in [3.8, 4) is 5.75 Å². The highest BCUT2D eigenvalue weighted by Gasteiger charge is 2.18. The van der Waals surface area contributed by atoms with Crippen LogP contribution in [0.4, 0.5) is 11.4 Å². The van der Waals surface area contributed by atoms with Crippen LogP contribution in [0.5, 0.6) is 5.75 Å². The number of carbonyl (C=O) groups is 1. The molecule has 0 atom stereocenters. The Balaban J connectivity index is 1.67. The lowest BCUT2D eigenvalue weighted by atomic mass is 10.0. The zero-order chi connectivity index (χ0) is 21.0. The van der Waals surface area contributed by atoms with Gasteiger partial charge in [0, 0.05) is 31.2 Å². The van der Waals surface area contributed by atoms with Crippen molar-refractivity contribution < 1.29 is 9.53 Å². The van der Waals surface area contributed by atoms with Crippen LogP contribution in [-0.2, 0) is 4.79 Å². The third-order valence-electron chi connectivity index (χ3n) is 5.29. The normalized spacial score (nSPS) is 14.9. The molecular formula is C23H30ClN3O2. The average molecular weight is 416 g/mol. The van der Waals surface area contributed by atoms with Crippen molar-refractivity contribution in [2.24, 2.45) is 0 Å². The Hall–Kier alpha value is -2.24. The minimum atomic E-state index is -0.172. The van der Waals surface area contributed by atoms with Crippen molar-refractivity contribution in [3.63, 3.8) is 0 Å². The van der Waals surface area contributed by atoms with Gasteiger partial charge in [0.1, 0.15) is 5.75 Å². The summed E-state index contributed by atoms with van der Waals surface area (Å²) >= 11 is 6.26. The molecule has 1 N–H and O–H groups in total. The molecule has 1 aliphatic rings. The molecule has 29 heavy (non-hydrogen) atoms. The van der Waals surface area contributed by atoms with E-state index in [1.54, 1.807) is 0 Å². The van der Waals surface area contributed by atoms with Crippen LogP contribution in [0.25, 0.3) is 0 Å². The van der Waals surface area contributed by atoms with Gasteiger partial charge in [-0.3, -0.25) is 4.79 Å². The molecular weight excluding hydrogens is 386 g/mol. The quantitative estimate of drug-likeness (QED) is 0.752. The minimum Gasteiger partial charge on any atom is -0.483 e. The molecule has 1 aliphatic heterocycles. The monoisotopic (exact) mass is 415 g/mol. The summed E-state index contributed by atoms with van der Waals surface area (Å²) < 4.78 is 5.88. The first-order chi connectivity index (χ1) is 13.8. The van der Waals surface area contributed by atoms with Gasteiger partial charge in [-0.1, -0.05) is 37.6 Å². The number of anilines is 2. The molecule has 2 aromatic rings. The number of para-hydroxylation sites is 2. The van der Waals surface area contributed by atoms with Gasteiger partial charge in [-0.25, -0.2) is 0 Å². The van der Waals surface area contributed by atoms with E-state index >= 15 is 0 Å². The number of likely N-dealkylation sites (N-methyl/N-ethyl adjacent to an activating group) is 1. The summed E-state index contributed by atoms with van der Waals surface area (Å²) in [6.07, 6.45) is 0. The second-order valence-electron chi connectivity index (χ2n) is 7.94. The SMILES string of the molecule is Cc1cc(OCC(=O)Nc2ccccc2N2CCN(C)CC2)c(C(C)C)cc1Cl. The van der Waals surface area contributed by atoms with Gasteiger partial charge in [0.2, 0.25) is 0 Å². The molecule has 5 nitrogen and oxygen atoms in total. The zero-order valence-corrected chi connectivity index (χ0v) is 18.4. The van der Waals surface area contributed by atoms with Crippen LogP contribution in [-0.4, -0.2) is 50.6 Å². The molecule has 0 radical (unpaired) electrons. The maximum absolute atomic E-state index is 12.6. The first kappa shape index (κ1) is 21.5. The second-order valence-corrected chi connectivity index (χ2v) is 8.35. The van der Waals surface area contributed by atoms with E-state index in [2.05, 4.69) is 42.1 Å². The van der Waals surface area contributed by atoms with Crippen LogP contribution in [0, 0.1) is 6.92 Å². The third kappa shape index (κ3) is 5.43. The van der Waals surface area contributed by atoms with E-state index in [1.807, 2.05) is 37.3 Å². The summed E-state index contributed by atoms with van der Waals surface area (Å²) in [5, 5.41) is 3.73. The number of hydrogen-bond acceptors (Lipinski definition) is 4. The van der Waals surface area contributed by atoms with Crippen molar-refractivity contribution in [1.82, 2.24) is 4.90 Å². The van der Waals surface area contributed by atoms with Crippen molar-refractivity contribution >= 4 is 28.9 Å². The Morgan fingerprint density at radius 2 is 1.86 bits per heavy atom. The van der Waals surface area contributed by atoms with E-state index < -0.39 is 0 Å². The largest absolute Gasteiger partial charge is 0.483 e. The van der Waals surface area contributed by atoms with Gasteiger partial charge in [0.25, 0.3) is 5.91 Å². The lowest BCUT2D eigenvalue weighted by Crippen LogP contribution is -2.44. The minimum absolute atomic E-state index is 0.0438. The summed E-state index contributed by atoms with van der Waals surface area (Å²) in [6, 6.07) is 11.8. The first-order valence-corrected chi connectivity index (χ1v) is 10.5. The Morgan fingerprint density at radius 3 is 2.55 bits per heavy atom. The van der Waals surface area contributed by atoms with E-state index in [0.717, 1.165) is 48.7 Å². The highest BCUT2D eigenvalue weighted by atomic mass is 35.5. The van der Waals surface area contributed by atoms with Crippen molar-refractivity contribution in [3.05, 3.63) is 52.5 Å². The molecule has 0 unspecified atom stereocenters. The Labute approximate surface area is 178 Å². The molecule has 0 aromatic heterocycles. The number of nitrogens with zero attached hydrogens (tertiary/aromatic N) is 2. The second kappa shape index (κ2) is 9.51. The number of halogens is 1. The van der Waals surface area contributed by atoms with Gasteiger partial charge >= 0.3 is 0 Å². The summed E-state index contributed by atoms with van der Waals surface area (Å²) in [5.41, 5.74) is 3.82. The molecule has 1 amide bonds. The average Bonchev–Trinajstić information content (AvgIpc) is 2.69. The van der Waals surface area contributed by atoms with Gasteiger partial charge in [0.05, 0.1) is 11.4 Å². The van der Waals surface area contributed by atoms with Crippen molar-refractivity contribution in [2.75, 3.05) is 50.1 Å². The Morgan fingerprint density at radius 1 is 1.17 bits per heavy atom. The summed E-state index contributed by atoms with van der Waals surface area (Å²) in [6.45, 7) is 9.98. The van der Waals surface area contributed by atoms with E-state index in [4.69, 9.17) is 16.3 Å². The maximum atomic E-state index is 12.6. The molecule has 1 heterocycles. The molecule has 1 saturated heterocycles. The fourth-order valence-corrected chi connectivity index (χ4v) is 3.65. The van der Waals surface area contributed by atoms with Gasteiger partial charge in [0.15, 0.2) is 6.61 Å². The van der Waals surface area contributed by atoms with Crippen molar-refractivity contribution in [2.45, 2.75) is 26.7 Å². The zero-order valence-electron chi connectivity index (χ0n) is 17.7. The molecule has 1 fully saturated rings. The number of aryl methyl sites for hydroxylation is 1. The topological polar surface area (TPSA) is 44.8 Å². The molecule has 6 heteroatoms. The highest BCUT2D eigenvalue weighted by Crippen LogP contribution is 2.32. The molecule has 0 bridgehead atoms. The van der Waals surface area contributed by atoms with Crippen LogP contribution >= 0.6 is 11.6 Å². The van der Waals surface area contributed by atoms with Gasteiger partial charge in [-0.05, 0) is 55.3 Å². The van der Waals surface area contributed by atoms with Crippen LogP contribution in [0.2, 0.25) is 5.02 Å². The number of piperazine rings is 1. The smallest absolute Gasteiger partial charge is 0.262 e. The van der Waals surface area contributed by atoms with Gasteiger partial charge in [-0.2, -0.15) is 0 Å². The predicted molar refractivity (Wildman–Crippen MR) is 121 cm³/mol. The predicted octanol–water partition coefficient (Wildman–Crippen LogP) is 4.54. The van der Waals surface area contributed by atoms with Crippen LogP contribution in [0.3, 0.4) is 0 Å².